The quantitative estimate of drug-likeness (QED) is 0.664. The summed E-state index contributed by atoms with van der Waals surface area (Å²) < 4.78 is 11.3. The Morgan fingerprint density at radius 1 is 1.08 bits per heavy atom. The minimum absolute atomic E-state index is 0. The second-order valence-electron chi connectivity index (χ2n) is 3.34. The van der Waals surface area contributed by atoms with E-state index >= 15 is 0 Å². The highest BCUT2D eigenvalue weighted by atomic mass is 16.7. The lowest BCUT2D eigenvalue weighted by Crippen LogP contribution is -2.42. The lowest BCUT2D eigenvalue weighted by atomic mass is 10.1. The largest absolute Gasteiger partial charge is 0.350 e. The molecule has 0 N–H and O–H groups in total. The fourth-order valence-electron chi connectivity index (χ4n) is 1.34. The Labute approximate surface area is 83.6 Å². The predicted molar refractivity (Wildman–Crippen MR) is 57.8 cm³/mol. The van der Waals surface area contributed by atoms with E-state index in [1.807, 2.05) is 0 Å². The van der Waals surface area contributed by atoms with Crippen molar-refractivity contribution < 1.29 is 9.47 Å². The van der Waals surface area contributed by atoms with Gasteiger partial charge in [-0.1, -0.05) is 35.6 Å². The van der Waals surface area contributed by atoms with E-state index in [9.17, 15) is 0 Å². The van der Waals surface area contributed by atoms with Crippen LogP contribution in [0.4, 0.5) is 0 Å². The maximum absolute atomic E-state index is 5.65. The van der Waals surface area contributed by atoms with Gasteiger partial charge in [0, 0.05) is 5.92 Å². The monoisotopic (exact) mass is 190 g/mol. The number of hydrogen-bond acceptors (Lipinski definition) is 2. The third-order valence-electron chi connectivity index (χ3n) is 2.34. The molecular weight excluding hydrogens is 164 g/mol. The van der Waals surface area contributed by atoms with Crippen molar-refractivity contribution in [2.75, 3.05) is 13.2 Å². The summed E-state index contributed by atoms with van der Waals surface area (Å²) in [4.78, 5) is 0. The minimum Gasteiger partial charge on any atom is -0.350 e. The van der Waals surface area contributed by atoms with Crippen LogP contribution >= 0.6 is 0 Å². The molecule has 1 heterocycles. The molecule has 0 spiro atoms. The third kappa shape index (κ3) is 3.65. The van der Waals surface area contributed by atoms with Gasteiger partial charge in [-0.05, 0) is 12.8 Å². The van der Waals surface area contributed by atoms with E-state index in [0.717, 1.165) is 26.1 Å². The topological polar surface area (TPSA) is 18.5 Å². The Kier molecular flexibility index (Phi) is 7.56. The first-order valence-corrected chi connectivity index (χ1v) is 4.50. The molecule has 1 aliphatic heterocycles. The molecule has 2 heteroatoms. The smallest absolute Gasteiger partial charge is 0.167 e. The van der Waals surface area contributed by atoms with Crippen LogP contribution in [-0.4, -0.2) is 19.0 Å². The first-order valence-electron chi connectivity index (χ1n) is 4.50. The maximum Gasteiger partial charge on any atom is 0.167 e. The summed E-state index contributed by atoms with van der Waals surface area (Å²) in [5.41, 5.74) is 0. The SMILES string of the molecule is C.C.CCC1(CC)OCC(C)CO1. The van der Waals surface area contributed by atoms with Gasteiger partial charge >= 0.3 is 0 Å². The van der Waals surface area contributed by atoms with Gasteiger partial charge < -0.3 is 9.47 Å². The van der Waals surface area contributed by atoms with Crippen LogP contribution in [0, 0.1) is 5.92 Å². The third-order valence-corrected chi connectivity index (χ3v) is 2.34. The summed E-state index contributed by atoms with van der Waals surface area (Å²) in [6.45, 7) is 8.07. The molecule has 0 aromatic heterocycles. The molecule has 1 rings (SSSR count). The summed E-state index contributed by atoms with van der Waals surface area (Å²) in [5.74, 6) is 0.299. The molecule has 0 radical (unpaired) electrons. The van der Waals surface area contributed by atoms with Gasteiger partial charge in [0.2, 0.25) is 0 Å². The average molecular weight is 190 g/mol. The van der Waals surface area contributed by atoms with Crippen LogP contribution in [0.15, 0.2) is 0 Å². The van der Waals surface area contributed by atoms with Crippen LogP contribution in [0.25, 0.3) is 0 Å². The van der Waals surface area contributed by atoms with Gasteiger partial charge in [-0.2, -0.15) is 0 Å². The van der Waals surface area contributed by atoms with Crippen LogP contribution in [0.3, 0.4) is 0 Å². The zero-order valence-electron chi connectivity index (χ0n) is 7.72. The Morgan fingerprint density at radius 2 is 1.46 bits per heavy atom. The first kappa shape index (κ1) is 15.4. The molecule has 82 valence electrons. The van der Waals surface area contributed by atoms with Crippen LogP contribution in [0.1, 0.15) is 48.5 Å². The fourth-order valence-corrected chi connectivity index (χ4v) is 1.34. The van der Waals surface area contributed by atoms with E-state index in [4.69, 9.17) is 9.47 Å². The summed E-state index contributed by atoms with van der Waals surface area (Å²) in [5, 5.41) is 0. The molecule has 0 amide bonds. The van der Waals surface area contributed by atoms with Gasteiger partial charge in [-0.25, -0.2) is 0 Å². The van der Waals surface area contributed by atoms with Crippen molar-refractivity contribution in [3.8, 4) is 0 Å². The number of hydrogen-bond donors (Lipinski definition) is 0. The second-order valence-corrected chi connectivity index (χ2v) is 3.34. The molecule has 1 fully saturated rings. The van der Waals surface area contributed by atoms with Gasteiger partial charge in [-0.3, -0.25) is 0 Å². The molecule has 0 atom stereocenters. The molecule has 13 heavy (non-hydrogen) atoms. The standard InChI is InChI=1S/C9H18O2.2CH4/c1-4-9(5-2)10-6-8(3)7-11-9;;/h8H,4-7H2,1-3H3;2*1H4. The Hall–Kier alpha value is -0.0800. The van der Waals surface area contributed by atoms with Crippen LogP contribution in [-0.2, 0) is 9.47 Å². The summed E-state index contributed by atoms with van der Waals surface area (Å²) >= 11 is 0. The van der Waals surface area contributed by atoms with Crippen molar-refractivity contribution in [1.29, 1.82) is 0 Å². The Bertz CT molecular complexity index is 109. The van der Waals surface area contributed by atoms with Crippen molar-refractivity contribution in [1.82, 2.24) is 0 Å². The Morgan fingerprint density at radius 3 is 1.77 bits per heavy atom. The van der Waals surface area contributed by atoms with Gasteiger partial charge in [0.1, 0.15) is 0 Å². The summed E-state index contributed by atoms with van der Waals surface area (Å²) in [6.07, 6.45) is 1.91. The molecule has 0 bridgehead atoms. The molecule has 0 saturated carbocycles. The van der Waals surface area contributed by atoms with Crippen molar-refractivity contribution >= 4 is 0 Å². The zero-order chi connectivity index (χ0) is 8.32. The molecule has 0 unspecified atom stereocenters. The highest BCUT2D eigenvalue weighted by Gasteiger charge is 2.32. The lowest BCUT2D eigenvalue weighted by molar-refractivity contribution is -0.283. The van der Waals surface area contributed by atoms with Crippen molar-refractivity contribution in [2.24, 2.45) is 5.92 Å². The van der Waals surface area contributed by atoms with Crippen molar-refractivity contribution in [3.05, 3.63) is 0 Å². The van der Waals surface area contributed by atoms with E-state index in [2.05, 4.69) is 20.8 Å². The van der Waals surface area contributed by atoms with E-state index in [1.54, 1.807) is 0 Å². The van der Waals surface area contributed by atoms with Crippen molar-refractivity contribution in [2.45, 2.75) is 54.3 Å². The molecule has 2 nitrogen and oxygen atoms in total. The van der Waals surface area contributed by atoms with Crippen molar-refractivity contribution in [3.63, 3.8) is 0 Å². The number of rotatable bonds is 2. The number of ether oxygens (including phenoxy) is 2. The highest BCUT2D eigenvalue weighted by molar-refractivity contribution is 4.71. The second kappa shape index (κ2) is 6.39. The zero-order valence-corrected chi connectivity index (χ0v) is 7.72. The van der Waals surface area contributed by atoms with Gasteiger partial charge in [0.25, 0.3) is 0 Å². The van der Waals surface area contributed by atoms with E-state index in [0.29, 0.717) is 5.92 Å². The van der Waals surface area contributed by atoms with Gasteiger partial charge in [0.15, 0.2) is 5.79 Å². The van der Waals surface area contributed by atoms with E-state index < -0.39 is 0 Å². The van der Waals surface area contributed by atoms with Gasteiger partial charge in [0.05, 0.1) is 13.2 Å². The lowest BCUT2D eigenvalue weighted by Gasteiger charge is -2.38. The van der Waals surface area contributed by atoms with Crippen LogP contribution < -0.4 is 0 Å². The molecule has 0 aliphatic carbocycles. The summed E-state index contributed by atoms with van der Waals surface area (Å²) in [7, 11) is 0. The first-order chi connectivity index (χ1) is 5.22. The Balaban J connectivity index is 0. The predicted octanol–water partition coefficient (Wildman–Crippen LogP) is 3.46. The normalized spacial score (nSPS) is 21.5. The molecular formula is C11H26O2. The average Bonchev–Trinajstić information content (AvgIpc) is 2.07. The molecule has 1 aliphatic rings. The molecule has 1 saturated heterocycles. The van der Waals surface area contributed by atoms with Crippen LogP contribution in [0.2, 0.25) is 0 Å². The fraction of sp³-hybridized carbons (Fsp3) is 1.00. The molecule has 0 aromatic carbocycles. The highest BCUT2D eigenvalue weighted by Crippen LogP contribution is 2.27. The van der Waals surface area contributed by atoms with Gasteiger partial charge in [-0.15, -0.1) is 0 Å². The van der Waals surface area contributed by atoms with E-state index in [1.165, 1.54) is 0 Å². The van der Waals surface area contributed by atoms with E-state index in [-0.39, 0.29) is 20.6 Å². The molecule has 0 aromatic rings. The maximum atomic E-state index is 5.65. The van der Waals surface area contributed by atoms with Crippen LogP contribution in [0.5, 0.6) is 0 Å². The minimum atomic E-state index is -0.257. The summed E-state index contributed by atoms with van der Waals surface area (Å²) in [6, 6.07) is 0.